The Bertz CT molecular complexity index is 264. The molecular weight excluding hydrogens is 236 g/mol. The molecule has 0 aromatic rings. The molecule has 0 aromatic carbocycles. The van der Waals surface area contributed by atoms with Gasteiger partial charge in [-0.15, -0.1) is 0 Å². The van der Waals surface area contributed by atoms with Crippen molar-refractivity contribution in [3.63, 3.8) is 0 Å². The summed E-state index contributed by atoms with van der Waals surface area (Å²) in [7, 11) is 2.06. The minimum absolute atomic E-state index is 0.0471. The highest BCUT2D eigenvalue weighted by Crippen LogP contribution is 2.31. The van der Waals surface area contributed by atoms with E-state index < -0.39 is 0 Å². The van der Waals surface area contributed by atoms with Gasteiger partial charge in [0.25, 0.3) is 0 Å². The van der Waals surface area contributed by atoms with E-state index >= 15 is 0 Å². The summed E-state index contributed by atoms with van der Waals surface area (Å²) >= 11 is 0. The van der Waals surface area contributed by atoms with Crippen LogP contribution < -0.4 is 5.32 Å². The van der Waals surface area contributed by atoms with Crippen molar-refractivity contribution in [1.29, 1.82) is 0 Å². The Morgan fingerprint density at radius 3 is 2.11 bits per heavy atom. The molecule has 1 unspecified atom stereocenters. The van der Waals surface area contributed by atoms with Gasteiger partial charge in [-0.3, -0.25) is 4.90 Å². The summed E-state index contributed by atoms with van der Waals surface area (Å²) in [5.41, 5.74) is 0.260. The van der Waals surface area contributed by atoms with E-state index in [1.807, 2.05) is 0 Å². The van der Waals surface area contributed by atoms with Crippen LogP contribution >= 0.6 is 0 Å². The number of ether oxygens (including phenoxy) is 1. The standard InChI is InChI=1S/C16H34N2O/c1-8-9-16(6,10-17-7)13-18-11-14(2,3)19-15(4,5)12-18/h17H,8-13H2,1-7H3. The third kappa shape index (κ3) is 5.41. The van der Waals surface area contributed by atoms with Crippen molar-refractivity contribution in [2.75, 3.05) is 33.2 Å². The molecule has 0 aromatic heterocycles. The van der Waals surface area contributed by atoms with E-state index in [1.165, 1.54) is 12.8 Å². The fourth-order valence-corrected chi connectivity index (χ4v) is 3.85. The van der Waals surface area contributed by atoms with Gasteiger partial charge in [0, 0.05) is 26.2 Å². The topological polar surface area (TPSA) is 24.5 Å². The number of rotatable bonds is 6. The van der Waals surface area contributed by atoms with Gasteiger partial charge in [0.05, 0.1) is 11.2 Å². The third-order valence-electron chi connectivity index (χ3n) is 3.82. The lowest BCUT2D eigenvalue weighted by Gasteiger charge is -2.49. The van der Waals surface area contributed by atoms with E-state index in [-0.39, 0.29) is 11.2 Å². The fraction of sp³-hybridized carbons (Fsp3) is 1.00. The Hall–Kier alpha value is -0.120. The number of nitrogens with one attached hydrogen (secondary N) is 1. The maximum Gasteiger partial charge on any atom is 0.0760 e. The minimum Gasteiger partial charge on any atom is -0.367 e. The first-order valence-corrected chi connectivity index (χ1v) is 7.69. The molecule has 0 radical (unpaired) electrons. The molecule has 114 valence electrons. The molecule has 0 bridgehead atoms. The maximum absolute atomic E-state index is 6.17. The van der Waals surface area contributed by atoms with Gasteiger partial charge in [-0.05, 0) is 46.6 Å². The van der Waals surface area contributed by atoms with Crippen LogP contribution in [0.1, 0.15) is 54.4 Å². The largest absolute Gasteiger partial charge is 0.367 e. The average molecular weight is 270 g/mol. The lowest BCUT2D eigenvalue weighted by Crippen LogP contribution is -2.59. The van der Waals surface area contributed by atoms with Crippen LogP contribution in [-0.2, 0) is 4.74 Å². The molecule has 1 fully saturated rings. The second-order valence-electron chi connectivity index (χ2n) is 7.86. The minimum atomic E-state index is -0.0471. The van der Waals surface area contributed by atoms with E-state index in [0.717, 1.165) is 26.2 Å². The van der Waals surface area contributed by atoms with Crippen LogP contribution in [0.25, 0.3) is 0 Å². The maximum atomic E-state index is 6.17. The highest BCUT2D eigenvalue weighted by Gasteiger charge is 2.40. The third-order valence-corrected chi connectivity index (χ3v) is 3.82. The van der Waals surface area contributed by atoms with E-state index in [0.29, 0.717) is 5.41 Å². The predicted octanol–water partition coefficient (Wildman–Crippen LogP) is 2.90. The Kier molecular flexibility index (Phi) is 5.44. The van der Waals surface area contributed by atoms with Gasteiger partial charge in [-0.25, -0.2) is 0 Å². The number of morpholine rings is 1. The molecule has 3 nitrogen and oxygen atoms in total. The fourth-order valence-electron chi connectivity index (χ4n) is 3.85. The molecule has 0 spiro atoms. The van der Waals surface area contributed by atoms with E-state index in [2.05, 4.69) is 58.8 Å². The Morgan fingerprint density at radius 1 is 1.16 bits per heavy atom. The summed E-state index contributed by atoms with van der Waals surface area (Å²) < 4.78 is 6.17. The molecule has 0 saturated carbocycles. The molecule has 1 aliphatic heterocycles. The highest BCUT2D eigenvalue weighted by atomic mass is 16.5. The highest BCUT2D eigenvalue weighted by molar-refractivity contribution is 4.92. The summed E-state index contributed by atoms with van der Waals surface area (Å²) in [5, 5.41) is 3.37. The van der Waals surface area contributed by atoms with Crippen molar-refractivity contribution < 1.29 is 4.74 Å². The van der Waals surface area contributed by atoms with Gasteiger partial charge in [0.15, 0.2) is 0 Å². The zero-order valence-corrected chi connectivity index (χ0v) is 14.1. The molecule has 1 saturated heterocycles. The van der Waals surface area contributed by atoms with Crippen LogP contribution in [-0.4, -0.2) is 49.3 Å². The smallest absolute Gasteiger partial charge is 0.0760 e. The van der Waals surface area contributed by atoms with Crippen LogP contribution in [0.2, 0.25) is 0 Å². The van der Waals surface area contributed by atoms with Crippen LogP contribution in [0, 0.1) is 5.41 Å². The SMILES string of the molecule is CCCC(C)(CNC)CN1CC(C)(C)OC(C)(C)C1. The molecule has 1 rings (SSSR count). The van der Waals surface area contributed by atoms with Gasteiger partial charge in [0.1, 0.15) is 0 Å². The van der Waals surface area contributed by atoms with Gasteiger partial charge < -0.3 is 10.1 Å². The molecule has 1 atom stereocenters. The van der Waals surface area contributed by atoms with E-state index in [1.54, 1.807) is 0 Å². The van der Waals surface area contributed by atoms with Gasteiger partial charge in [-0.1, -0.05) is 20.3 Å². The number of hydrogen-bond acceptors (Lipinski definition) is 3. The summed E-state index contributed by atoms with van der Waals surface area (Å²) in [6.45, 7) is 17.8. The lowest BCUT2D eigenvalue weighted by molar-refractivity contribution is -0.184. The number of hydrogen-bond donors (Lipinski definition) is 1. The Labute approximate surface area is 120 Å². The second kappa shape index (κ2) is 6.11. The lowest BCUT2D eigenvalue weighted by atomic mass is 9.83. The summed E-state index contributed by atoms with van der Waals surface area (Å²) in [5.74, 6) is 0. The van der Waals surface area contributed by atoms with Crippen LogP contribution in [0.4, 0.5) is 0 Å². The first-order valence-electron chi connectivity index (χ1n) is 7.69. The Balaban J connectivity index is 2.73. The first kappa shape index (κ1) is 16.9. The second-order valence-corrected chi connectivity index (χ2v) is 7.86. The van der Waals surface area contributed by atoms with Gasteiger partial charge in [-0.2, -0.15) is 0 Å². The van der Waals surface area contributed by atoms with Crippen LogP contribution in [0.3, 0.4) is 0 Å². The Morgan fingerprint density at radius 2 is 1.68 bits per heavy atom. The van der Waals surface area contributed by atoms with Crippen molar-refractivity contribution in [2.45, 2.75) is 65.6 Å². The summed E-state index contributed by atoms with van der Waals surface area (Å²) in [6.07, 6.45) is 2.52. The van der Waals surface area contributed by atoms with E-state index in [9.17, 15) is 0 Å². The molecule has 1 heterocycles. The van der Waals surface area contributed by atoms with Crippen molar-refractivity contribution in [3.8, 4) is 0 Å². The van der Waals surface area contributed by atoms with E-state index in [4.69, 9.17) is 4.74 Å². The van der Waals surface area contributed by atoms with Crippen LogP contribution in [0.5, 0.6) is 0 Å². The van der Waals surface area contributed by atoms with Crippen molar-refractivity contribution in [3.05, 3.63) is 0 Å². The molecule has 19 heavy (non-hydrogen) atoms. The predicted molar refractivity (Wildman–Crippen MR) is 82.6 cm³/mol. The molecule has 0 aliphatic carbocycles. The quantitative estimate of drug-likeness (QED) is 0.803. The molecule has 3 heteroatoms. The van der Waals surface area contributed by atoms with Crippen molar-refractivity contribution >= 4 is 0 Å². The van der Waals surface area contributed by atoms with Crippen molar-refractivity contribution in [2.24, 2.45) is 5.41 Å². The normalized spacial score (nSPS) is 26.1. The zero-order valence-electron chi connectivity index (χ0n) is 14.1. The van der Waals surface area contributed by atoms with Gasteiger partial charge >= 0.3 is 0 Å². The summed E-state index contributed by atoms with van der Waals surface area (Å²) in [4.78, 5) is 2.59. The zero-order chi connectivity index (χ0) is 14.7. The van der Waals surface area contributed by atoms with Crippen molar-refractivity contribution in [1.82, 2.24) is 10.2 Å². The summed E-state index contributed by atoms with van der Waals surface area (Å²) in [6, 6.07) is 0. The first-order chi connectivity index (χ1) is 8.61. The number of nitrogens with zero attached hydrogens (tertiary/aromatic N) is 1. The molecule has 1 N–H and O–H groups in total. The average Bonchev–Trinajstić information content (AvgIpc) is 2.11. The molecular formula is C16H34N2O. The molecule has 1 aliphatic rings. The van der Waals surface area contributed by atoms with Gasteiger partial charge in [0.2, 0.25) is 0 Å². The van der Waals surface area contributed by atoms with Crippen LogP contribution in [0.15, 0.2) is 0 Å². The molecule has 0 amide bonds. The monoisotopic (exact) mass is 270 g/mol.